The second kappa shape index (κ2) is 6.53. The Morgan fingerprint density at radius 2 is 1.84 bits per heavy atom. The molecule has 0 fully saturated rings. The first-order chi connectivity index (χ1) is 8.77. The molecule has 0 saturated carbocycles. The molecular formula is C17H29NO. The largest absolute Gasteiger partial charge is 0.396 e. The quantitative estimate of drug-likeness (QED) is 0.876. The van der Waals surface area contributed by atoms with Crippen LogP contribution in [0.5, 0.6) is 0 Å². The predicted octanol–water partition coefficient (Wildman–Crippen LogP) is 3.67. The van der Waals surface area contributed by atoms with E-state index in [1.165, 1.54) is 16.7 Å². The lowest BCUT2D eigenvalue weighted by Crippen LogP contribution is -2.21. The van der Waals surface area contributed by atoms with Crippen LogP contribution >= 0.6 is 0 Å². The molecule has 19 heavy (non-hydrogen) atoms. The summed E-state index contributed by atoms with van der Waals surface area (Å²) in [5.41, 5.74) is 4.31. The fourth-order valence-electron chi connectivity index (χ4n) is 2.49. The van der Waals surface area contributed by atoms with Gasteiger partial charge in [-0.2, -0.15) is 0 Å². The normalized spacial score (nSPS) is 13.9. The van der Waals surface area contributed by atoms with Gasteiger partial charge in [-0.15, -0.1) is 0 Å². The summed E-state index contributed by atoms with van der Waals surface area (Å²) in [4.78, 5) is 2.24. The highest BCUT2D eigenvalue weighted by atomic mass is 16.2. The van der Waals surface area contributed by atoms with Crippen LogP contribution in [0.25, 0.3) is 0 Å². The summed E-state index contributed by atoms with van der Waals surface area (Å²) in [7, 11) is 4.22. The van der Waals surface area contributed by atoms with Crippen molar-refractivity contribution in [1.29, 1.82) is 0 Å². The highest BCUT2D eigenvalue weighted by Crippen LogP contribution is 2.30. The maximum absolute atomic E-state index is 9.05. The van der Waals surface area contributed by atoms with Crippen LogP contribution in [0, 0.1) is 6.92 Å². The Morgan fingerprint density at radius 1 is 1.21 bits per heavy atom. The van der Waals surface area contributed by atoms with Crippen LogP contribution in [0.4, 0.5) is 0 Å². The highest BCUT2D eigenvalue weighted by Gasteiger charge is 2.19. The van der Waals surface area contributed by atoms with Gasteiger partial charge in [-0.3, -0.25) is 0 Å². The summed E-state index contributed by atoms with van der Waals surface area (Å²) in [6.07, 6.45) is 1.85. The van der Waals surface area contributed by atoms with E-state index in [-0.39, 0.29) is 12.0 Å². The Bertz CT molecular complexity index is 404. The molecule has 0 amide bonds. The van der Waals surface area contributed by atoms with Crippen LogP contribution in [0.3, 0.4) is 0 Å². The Morgan fingerprint density at radius 3 is 2.26 bits per heavy atom. The highest BCUT2D eigenvalue weighted by molar-refractivity contribution is 5.36. The number of aliphatic hydroxyl groups excluding tert-OH is 1. The fourth-order valence-corrected chi connectivity index (χ4v) is 2.49. The Hall–Kier alpha value is -0.860. The molecule has 0 aliphatic carbocycles. The lowest BCUT2D eigenvalue weighted by molar-refractivity contribution is 0.235. The van der Waals surface area contributed by atoms with E-state index in [2.05, 4.69) is 64.9 Å². The summed E-state index contributed by atoms with van der Waals surface area (Å²) in [6.45, 7) is 9.20. The van der Waals surface area contributed by atoms with E-state index in [0.29, 0.717) is 6.04 Å². The first-order valence-corrected chi connectivity index (χ1v) is 7.15. The first kappa shape index (κ1) is 16.2. The molecule has 108 valence electrons. The molecule has 0 spiro atoms. The molecule has 2 nitrogen and oxygen atoms in total. The predicted molar refractivity (Wildman–Crippen MR) is 82.6 cm³/mol. The van der Waals surface area contributed by atoms with Gasteiger partial charge in [0.25, 0.3) is 0 Å². The van der Waals surface area contributed by atoms with E-state index in [9.17, 15) is 0 Å². The maximum Gasteiger partial charge on any atom is 0.0431 e. The maximum atomic E-state index is 9.05. The minimum Gasteiger partial charge on any atom is -0.396 e. The van der Waals surface area contributed by atoms with Crippen molar-refractivity contribution in [3.8, 4) is 0 Å². The minimum absolute atomic E-state index is 0.196. The van der Waals surface area contributed by atoms with E-state index in [1.54, 1.807) is 0 Å². The molecule has 2 heteroatoms. The third kappa shape index (κ3) is 4.32. The number of aliphatic hydroxyl groups is 1. The average Bonchev–Trinajstić information content (AvgIpc) is 2.29. The van der Waals surface area contributed by atoms with Crippen LogP contribution in [-0.4, -0.2) is 30.7 Å². The van der Waals surface area contributed by atoms with Crippen LogP contribution < -0.4 is 0 Å². The van der Waals surface area contributed by atoms with Gasteiger partial charge in [0.15, 0.2) is 0 Å². The van der Waals surface area contributed by atoms with Crippen molar-refractivity contribution in [3.05, 3.63) is 34.9 Å². The van der Waals surface area contributed by atoms with Gasteiger partial charge in [0.2, 0.25) is 0 Å². The van der Waals surface area contributed by atoms with Gasteiger partial charge < -0.3 is 10.0 Å². The number of nitrogens with zero attached hydrogens (tertiary/aromatic N) is 1. The summed E-state index contributed by atoms with van der Waals surface area (Å²) in [5, 5.41) is 9.05. The SMILES string of the molecule is Cc1cc(C(C)(C)C)ccc1C(CCCO)N(C)C. The smallest absolute Gasteiger partial charge is 0.0431 e. The van der Waals surface area contributed by atoms with Crippen molar-refractivity contribution in [1.82, 2.24) is 4.90 Å². The topological polar surface area (TPSA) is 23.5 Å². The number of hydrogen-bond acceptors (Lipinski definition) is 2. The van der Waals surface area contributed by atoms with Crippen molar-refractivity contribution in [2.45, 2.75) is 52.0 Å². The molecule has 1 N–H and O–H groups in total. The Balaban J connectivity index is 3.05. The van der Waals surface area contributed by atoms with Crippen molar-refractivity contribution in [2.24, 2.45) is 0 Å². The molecule has 0 saturated heterocycles. The lowest BCUT2D eigenvalue weighted by Gasteiger charge is -2.28. The first-order valence-electron chi connectivity index (χ1n) is 7.15. The van der Waals surface area contributed by atoms with E-state index >= 15 is 0 Å². The van der Waals surface area contributed by atoms with E-state index in [0.717, 1.165) is 12.8 Å². The molecule has 0 aliphatic rings. The average molecular weight is 263 g/mol. The van der Waals surface area contributed by atoms with E-state index < -0.39 is 0 Å². The standard InChI is InChI=1S/C17H29NO/c1-13-12-14(17(2,3)4)9-10-15(13)16(18(5)6)8-7-11-19/h9-10,12,16,19H,7-8,11H2,1-6H3. The molecule has 1 aromatic rings. The Labute approximate surface area is 118 Å². The molecule has 0 aliphatic heterocycles. The van der Waals surface area contributed by atoms with Crippen molar-refractivity contribution in [2.75, 3.05) is 20.7 Å². The second-order valence-corrected chi connectivity index (χ2v) is 6.67. The van der Waals surface area contributed by atoms with Gasteiger partial charge in [0, 0.05) is 12.6 Å². The fraction of sp³-hybridized carbons (Fsp3) is 0.647. The lowest BCUT2D eigenvalue weighted by atomic mass is 9.84. The monoisotopic (exact) mass is 263 g/mol. The zero-order valence-corrected chi connectivity index (χ0v) is 13.3. The van der Waals surface area contributed by atoms with Gasteiger partial charge in [-0.05, 0) is 56.0 Å². The van der Waals surface area contributed by atoms with E-state index in [1.807, 2.05) is 0 Å². The molecule has 0 heterocycles. The van der Waals surface area contributed by atoms with Gasteiger partial charge in [0.1, 0.15) is 0 Å². The molecule has 1 rings (SSSR count). The molecule has 0 bridgehead atoms. The number of rotatable bonds is 5. The third-order valence-corrected chi connectivity index (χ3v) is 3.75. The van der Waals surface area contributed by atoms with Crippen molar-refractivity contribution >= 4 is 0 Å². The van der Waals surface area contributed by atoms with Gasteiger partial charge in [-0.1, -0.05) is 39.0 Å². The van der Waals surface area contributed by atoms with Crippen LogP contribution in [-0.2, 0) is 5.41 Å². The van der Waals surface area contributed by atoms with Crippen LogP contribution in [0.15, 0.2) is 18.2 Å². The molecule has 1 atom stereocenters. The summed E-state index contributed by atoms with van der Waals surface area (Å²) in [6, 6.07) is 7.21. The Kier molecular flexibility index (Phi) is 5.57. The van der Waals surface area contributed by atoms with Gasteiger partial charge in [-0.25, -0.2) is 0 Å². The van der Waals surface area contributed by atoms with Crippen LogP contribution in [0.2, 0.25) is 0 Å². The molecular weight excluding hydrogens is 234 g/mol. The number of hydrogen-bond donors (Lipinski definition) is 1. The van der Waals surface area contributed by atoms with Crippen molar-refractivity contribution < 1.29 is 5.11 Å². The second-order valence-electron chi connectivity index (χ2n) is 6.67. The van der Waals surface area contributed by atoms with Gasteiger partial charge in [0.05, 0.1) is 0 Å². The summed E-state index contributed by atoms with van der Waals surface area (Å²) in [5.74, 6) is 0. The molecule has 0 aromatic heterocycles. The minimum atomic E-state index is 0.196. The molecule has 0 radical (unpaired) electrons. The third-order valence-electron chi connectivity index (χ3n) is 3.75. The zero-order valence-electron chi connectivity index (χ0n) is 13.3. The summed E-state index contributed by atoms with van der Waals surface area (Å²) >= 11 is 0. The zero-order chi connectivity index (χ0) is 14.6. The molecule has 1 aromatic carbocycles. The summed E-state index contributed by atoms with van der Waals surface area (Å²) < 4.78 is 0. The van der Waals surface area contributed by atoms with E-state index in [4.69, 9.17) is 5.11 Å². The number of benzene rings is 1. The van der Waals surface area contributed by atoms with Crippen LogP contribution in [0.1, 0.15) is 56.3 Å². The van der Waals surface area contributed by atoms with Crippen molar-refractivity contribution in [3.63, 3.8) is 0 Å². The molecule has 1 unspecified atom stereocenters. The van der Waals surface area contributed by atoms with Gasteiger partial charge >= 0.3 is 0 Å². The number of aryl methyl sites for hydroxylation is 1.